The van der Waals surface area contributed by atoms with E-state index in [1.807, 2.05) is 36.4 Å². The van der Waals surface area contributed by atoms with Gasteiger partial charge < -0.3 is 15.6 Å². The van der Waals surface area contributed by atoms with Crippen molar-refractivity contribution in [3.63, 3.8) is 0 Å². The van der Waals surface area contributed by atoms with Crippen LogP contribution >= 0.6 is 0 Å². The van der Waals surface area contributed by atoms with Crippen LogP contribution in [-0.4, -0.2) is 47.3 Å². The summed E-state index contributed by atoms with van der Waals surface area (Å²) in [5, 5.41) is 9.31. The molecule has 0 bridgehead atoms. The Hall–Kier alpha value is -2.86. The minimum absolute atomic E-state index is 0.0501. The smallest absolute Gasteiger partial charge is 0.410 e. The van der Waals surface area contributed by atoms with E-state index in [2.05, 4.69) is 12.1 Å². The standard InChI is InChI=1S/C20H20N2O4/c21-17-9-10-22(18(17)19(23)24)20(25)26-11-16-14-7-3-1-5-12(14)13-6-2-4-8-15(13)16/h1-8,16-18H,9-11,21H2,(H,23,24). The normalized spacial score (nSPS) is 21.3. The van der Waals surface area contributed by atoms with Crippen molar-refractivity contribution in [2.45, 2.75) is 24.4 Å². The highest BCUT2D eigenvalue weighted by Gasteiger charge is 2.41. The van der Waals surface area contributed by atoms with Crippen LogP contribution < -0.4 is 5.73 Å². The fraction of sp³-hybridized carbons (Fsp3) is 0.300. The molecule has 4 rings (SSSR count). The molecular weight excluding hydrogens is 332 g/mol. The number of aliphatic carboxylic acids is 1. The molecule has 0 aromatic heterocycles. The molecule has 2 aromatic carbocycles. The molecule has 134 valence electrons. The first kappa shape index (κ1) is 16.6. The fourth-order valence-electron chi connectivity index (χ4n) is 4.01. The van der Waals surface area contributed by atoms with Crippen LogP contribution in [0.1, 0.15) is 23.5 Å². The van der Waals surface area contributed by atoms with Crippen LogP contribution in [-0.2, 0) is 9.53 Å². The molecule has 1 amide bonds. The molecule has 0 saturated carbocycles. The summed E-state index contributed by atoms with van der Waals surface area (Å²) in [4.78, 5) is 25.1. The zero-order valence-corrected chi connectivity index (χ0v) is 14.2. The van der Waals surface area contributed by atoms with Gasteiger partial charge in [0.25, 0.3) is 0 Å². The second-order valence-corrected chi connectivity index (χ2v) is 6.73. The summed E-state index contributed by atoms with van der Waals surface area (Å²) in [5.41, 5.74) is 10.4. The summed E-state index contributed by atoms with van der Waals surface area (Å²) in [5.74, 6) is -1.14. The van der Waals surface area contributed by atoms with Gasteiger partial charge in [0.1, 0.15) is 12.6 Å². The van der Waals surface area contributed by atoms with Crippen LogP contribution in [0.25, 0.3) is 11.1 Å². The summed E-state index contributed by atoms with van der Waals surface area (Å²) in [7, 11) is 0. The van der Waals surface area contributed by atoms with Crippen molar-refractivity contribution in [2.24, 2.45) is 5.73 Å². The van der Waals surface area contributed by atoms with Gasteiger partial charge in [0, 0.05) is 18.5 Å². The first-order valence-electron chi connectivity index (χ1n) is 8.68. The molecule has 2 aliphatic rings. The molecular formula is C20H20N2O4. The van der Waals surface area contributed by atoms with Crippen LogP contribution in [0, 0.1) is 0 Å². The number of benzene rings is 2. The van der Waals surface area contributed by atoms with Gasteiger partial charge in [-0.1, -0.05) is 48.5 Å². The van der Waals surface area contributed by atoms with E-state index in [1.165, 1.54) is 4.90 Å². The molecule has 1 fully saturated rings. The van der Waals surface area contributed by atoms with Gasteiger partial charge in [-0.3, -0.25) is 4.90 Å². The van der Waals surface area contributed by atoms with Crippen molar-refractivity contribution in [1.82, 2.24) is 4.90 Å². The third-order valence-corrected chi connectivity index (χ3v) is 5.27. The number of nitrogens with two attached hydrogens (primary N) is 1. The number of carboxylic acids is 1. The zero-order valence-electron chi connectivity index (χ0n) is 14.2. The summed E-state index contributed by atoms with van der Waals surface area (Å²) >= 11 is 0. The lowest BCUT2D eigenvalue weighted by Crippen LogP contribution is -2.48. The van der Waals surface area contributed by atoms with E-state index in [9.17, 15) is 14.7 Å². The van der Waals surface area contributed by atoms with Gasteiger partial charge in [0.15, 0.2) is 0 Å². The summed E-state index contributed by atoms with van der Waals surface area (Å²) in [6, 6.07) is 14.6. The van der Waals surface area contributed by atoms with E-state index in [1.54, 1.807) is 0 Å². The summed E-state index contributed by atoms with van der Waals surface area (Å²) in [6.45, 7) is 0.472. The molecule has 26 heavy (non-hydrogen) atoms. The maximum Gasteiger partial charge on any atom is 0.410 e. The minimum Gasteiger partial charge on any atom is -0.480 e. The second kappa shape index (κ2) is 6.46. The SMILES string of the molecule is NC1CCN(C(=O)OCC2c3ccccc3-c3ccccc32)C1C(=O)O. The molecule has 1 aliphatic heterocycles. The lowest BCUT2D eigenvalue weighted by molar-refractivity contribution is -0.142. The van der Waals surface area contributed by atoms with E-state index >= 15 is 0 Å². The molecule has 6 heteroatoms. The van der Waals surface area contributed by atoms with Gasteiger partial charge in [-0.15, -0.1) is 0 Å². The highest BCUT2D eigenvalue weighted by Crippen LogP contribution is 2.44. The number of rotatable bonds is 3. The zero-order chi connectivity index (χ0) is 18.3. The molecule has 2 atom stereocenters. The highest BCUT2D eigenvalue weighted by atomic mass is 16.6. The quantitative estimate of drug-likeness (QED) is 0.885. The maximum absolute atomic E-state index is 12.5. The molecule has 1 heterocycles. The number of likely N-dealkylation sites (tertiary alicyclic amines) is 1. The number of carbonyl (C=O) groups excluding carboxylic acids is 1. The molecule has 3 N–H and O–H groups in total. The van der Waals surface area contributed by atoms with E-state index in [0.717, 1.165) is 22.3 Å². The average Bonchev–Trinajstić information content (AvgIpc) is 3.18. The highest BCUT2D eigenvalue weighted by molar-refractivity contribution is 5.82. The number of carboxylic acid groups (broad SMARTS) is 1. The molecule has 2 unspecified atom stereocenters. The van der Waals surface area contributed by atoms with Crippen LogP contribution in [0.15, 0.2) is 48.5 Å². The number of hydrogen-bond donors (Lipinski definition) is 2. The van der Waals surface area contributed by atoms with Gasteiger partial charge in [-0.05, 0) is 28.7 Å². The number of ether oxygens (including phenoxy) is 1. The van der Waals surface area contributed by atoms with Crippen LogP contribution in [0.3, 0.4) is 0 Å². The third kappa shape index (κ3) is 2.63. The topological polar surface area (TPSA) is 92.9 Å². The summed E-state index contributed by atoms with van der Waals surface area (Å²) in [6.07, 6.45) is -0.159. The van der Waals surface area contributed by atoms with Gasteiger partial charge in [0.05, 0.1) is 0 Å². The average molecular weight is 352 g/mol. The Labute approximate surface area is 151 Å². The van der Waals surface area contributed by atoms with Gasteiger partial charge in [-0.2, -0.15) is 0 Å². The largest absolute Gasteiger partial charge is 0.480 e. The molecule has 1 aliphatic carbocycles. The Balaban J connectivity index is 1.53. The maximum atomic E-state index is 12.5. The van der Waals surface area contributed by atoms with Crippen LogP contribution in [0.4, 0.5) is 4.79 Å². The van der Waals surface area contributed by atoms with Gasteiger partial charge in [0.2, 0.25) is 0 Å². The Morgan fingerprint density at radius 3 is 2.23 bits per heavy atom. The monoisotopic (exact) mass is 352 g/mol. The lowest BCUT2D eigenvalue weighted by atomic mass is 9.98. The van der Waals surface area contributed by atoms with Crippen molar-refractivity contribution < 1.29 is 19.4 Å². The van der Waals surface area contributed by atoms with E-state index in [0.29, 0.717) is 13.0 Å². The number of fused-ring (bicyclic) bond motifs is 3. The second-order valence-electron chi connectivity index (χ2n) is 6.73. The van der Waals surface area contributed by atoms with Crippen LogP contribution in [0.5, 0.6) is 0 Å². The fourth-order valence-corrected chi connectivity index (χ4v) is 4.01. The Morgan fingerprint density at radius 1 is 1.08 bits per heavy atom. The van der Waals surface area contributed by atoms with Crippen molar-refractivity contribution >= 4 is 12.1 Å². The Bertz CT molecular complexity index is 821. The lowest BCUT2D eigenvalue weighted by Gasteiger charge is -2.23. The molecule has 1 saturated heterocycles. The third-order valence-electron chi connectivity index (χ3n) is 5.27. The number of hydrogen-bond acceptors (Lipinski definition) is 4. The Kier molecular flexibility index (Phi) is 4.12. The van der Waals surface area contributed by atoms with Gasteiger partial charge in [-0.25, -0.2) is 9.59 Å². The molecule has 0 radical (unpaired) electrons. The van der Waals surface area contributed by atoms with Crippen LogP contribution in [0.2, 0.25) is 0 Å². The summed E-state index contributed by atoms with van der Waals surface area (Å²) < 4.78 is 5.52. The first-order chi connectivity index (χ1) is 12.6. The predicted octanol–water partition coefficient (Wildman–Crippen LogP) is 2.42. The predicted molar refractivity (Wildman–Crippen MR) is 95.8 cm³/mol. The number of carbonyl (C=O) groups is 2. The minimum atomic E-state index is -1.09. The van der Waals surface area contributed by atoms with E-state index < -0.39 is 24.1 Å². The molecule has 2 aromatic rings. The van der Waals surface area contributed by atoms with Crippen molar-refractivity contribution in [3.05, 3.63) is 59.7 Å². The number of amides is 1. The van der Waals surface area contributed by atoms with Crippen molar-refractivity contribution in [1.29, 1.82) is 0 Å². The van der Waals surface area contributed by atoms with E-state index in [4.69, 9.17) is 10.5 Å². The molecule has 6 nitrogen and oxygen atoms in total. The number of nitrogens with zero attached hydrogens (tertiary/aromatic N) is 1. The van der Waals surface area contributed by atoms with Crippen molar-refractivity contribution in [3.8, 4) is 11.1 Å². The van der Waals surface area contributed by atoms with E-state index in [-0.39, 0.29) is 12.5 Å². The van der Waals surface area contributed by atoms with Crippen molar-refractivity contribution in [2.75, 3.05) is 13.2 Å². The first-order valence-corrected chi connectivity index (χ1v) is 8.68. The Morgan fingerprint density at radius 2 is 1.65 bits per heavy atom. The van der Waals surface area contributed by atoms with Gasteiger partial charge >= 0.3 is 12.1 Å². The molecule has 0 spiro atoms.